The molecule has 1 heterocycles. The number of aromatic amines is 1. The molecular weight excluding hydrogens is 331 g/mol. The molecule has 0 aliphatic heterocycles. The Morgan fingerprint density at radius 1 is 1.18 bits per heavy atom. The first kappa shape index (κ1) is 16.1. The second-order valence-electron chi connectivity index (χ2n) is 4.19. The number of ether oxygens (including phenoxy) is 1. The Kier molecular flexibility index (Phi) is 5.19. The van der Waals surface area contributed by atoms with E-state index < -0.39 is 18.5 Å². The summed E-state index contributed by atoms with van der Waals surface area (Å²) < 4.78 is 4.82. The molecule has 2 rings (SSSR count). The van der Waals surface area contributed by atoms with Crippen molar-refractivity contribution < 1.29 is 14.3 Å². The Balaban J connectivity index is 1.92. The Morgan fingerprint density at radius 3 is 2.64 bits per heavy atom. The van der Waals surface area contributed by atoms with Crippen molar-refractivity contribution in [1.29, 1.82) is 0 Å². The molecule has 0 bridgehead atoms. The quantitative estimate of drug-likeness (QED) is 0.837. The van der Waals surface area contributed by atoms with E-state index in [9.17, 15) is 14.4 Å². The molecule has 0 aliphatic carbocycles. The van der Waals surface area contributed by atoms with Crippen molar-refractivity contribution >= 4 is 40.8 Å². The topological polar surface area (TPSA) is 88.3 Å². The molecule has 1 aromatic carbocycles. The maximum atomic E-state index is 11.7. The van der Waals surface area contributed by atoms with Gasteiger partial charge in [0.2, 0.25) is 5.56 Å². The van der Waals surface area contributed by atoms with Crippen molar-refractivity contribution in [3.05, 3.63) is 62.5 Å². The zero-order chi connectivity index (χ0) is 16.1. The van der Waals surface area contributed by atoms with Crippen molar-refractivity contribution in [2.75, 3.05) is 11.9 Å². The minimum absolute atomic E-state index is 0.133. The summed E-state index contributed by atoms with van der Waals surface area (Å²) in [7, 11) is 0. The maximum absolute atomic E-state index is 11.7. The molecule has 1 aromatic heterocycles. The molecule has 0 saturated carbocycles. The largest absolute Gasteiger partial charge is 0.452 e. The second kappa shape index (κ2) is 7.11. The molecule has 0 fully saturated rings. The van der Waals surface area contributed by atoms with Crippen LogP contribution in [0, 0.1) is 0 Å². The lowest BCUT2D eigenvalue weighted by atomic mass is 10.3. The van der Waals surface area contributed by atoms with E-state index in [0.717, 1.165) is 0 Å². The van der Waals surface area contributed by atoms with Crippen molar-refractivity contribution in [3.8, 4) is 0 Å². The predicted molar refractivity (Wildman–Crippen MR) is 82.4 cm³/mol. The zero-order valence-corrected chi connectivity index (χ0v) is 12.6. The van der Waals surface area contributed by atoms with E-state index in [1.807, 2.05) is 0 Å². The number of aromatic nitrogens is 1. The van der Waals surface area contributed by atoms with Gasteiger partial charge in [0.05, 0.1) is 16.3 Å². The maximum Gasteiger partial charge on any atom is 0.340 e. The molecular formula is C14H10Cl2N2O4. The van der Waals surface area contributed by atoms with Gasteiger partial charge < -0.3 is 15.0 Å². The number of halogens is 2. The number of rotatable bonds is 4. The monoisotopic (exact) mass is 340 g/mol. The summed E-state index contributed by atoms with van der Waals surface area (Å²) in [6.07, 6.45) is 1.20. The van der Waals surface area contributed by atoms with Gasteiger partial charge in [-0.2, -0.15) is 0 Å². The lowest BCUT2D eigenvalue weighted by Crippen LogP contribution is -2.21. The highest BCUT2D eigenvalue weighted by molar-refractivity contribution is 6.35. The number of pyridine rings is 1. The number of nitrogens with one attached hydrogen (secondary N) is 2. The highest BCUT2D eigenvalue weighted by atomic mass is 35.5. The van der Waals surface area contributed by atoms with Crippen LogP contribution in [0.4, 0.5) is 5.69 Å². The number of benzene rings is 1. The second-order valence-corrected chi connectivity index (χ2v) is 5.03. The number of carbonyl (C=O) groups is 2. The van der Waals surface area contributed by atoms with Gasteiger partial charge in [0.1, 0.15) is 0 Å². The number of hydrogen-bond donors (Lipinski definition) is 2. The van der Waals surface area contributed by atoms with Crippen molar-refractivity contribution in [3.63, 3.8) is 0 Å². The first-order chi connectivity index (χ1) is 10.5. The summed E-state index contributed by atoms with van der Waals surface area (Å²) in [6, 6.07) is 7.07. The number of hydrogen-bond acceptors (Lipinski definition) is 4. The third-order valence-electron chi connectivity index (χ3n) is 2.56. The van der Waals surface area contributed by atoms with Gasteiger partial charge in [0.25, 0.3) is 5.91 Å². The minimum atomic E-state index is -0.733. The fourth-order valence-electron chi connectivity index (χ4n) is 1.53. The summed E-state index contributed by atoms with van der Waals surface area (Å²) >= 11 is 11.7. The third kappa shape index (κ3) is 4.34. The van der Waals surface area contributed by atoms with Gasteiger partial charge >= 0.3 is 5.97 Å². The fourth-order valence-corrected chi connectivity index (χ4v) is 1.87. The van der Waals surface area contributed by atoms with E-state index in [4.69, 9.17) is 27.9 Å². The Labute approximate surface area is 135 Å². The van der Waals surface area contributed by atoms with Crippen LogP contribution in [0.3, 0.4) is 0 Å². The minimum Gasteiger partial charge on any atom is -0.452 e. The first-order valence-electron chi connectivity index (χ1n) is 6.06. The van der Waals surface area contributed by atoms with Gasteiger partial charge in [-0.15, -0.1) is 0 Å². The van der Waals surface area contributed by atoms with Crippen LogP contribution < -0.4 is 10.9 Å². The SMILES string of the molecule is O=C(COC(=O)c1ccc(=O)[nH]c1)Nc1cc(Cl)ccc1Cl. The molecule has 0 aliphatic rings. The highest BCUT2D eigenvalue weighted by Gasteiger charge is 2.11. The van der Waals surface area contributed by atoms with Crippen LogP contribution in [-0.2, 0) is 9.53 Å². The Hall–Kier alpha value is -2.31. The van der Waals surface area contributed by atoms with E-state index in [0.29, 0.717) is 15.7 Å². The van der Waals surface area contributed by atoms with Crippen LogP contribution in [0.2, 0.25) is 10.0 Å². The van der Waals surface area contributed by atoms with Crippen LogP contribution in [0.15, 0.2) is 41.3 Å². The van der Waals surface area contributed by atoms with Crippen LogP contribution in [0.1, 0.15) is 10.4 Å². The molecule has 6 nitrogen and oxygen atoms in total. The molecule has 0 saturated heterocycles. The van der Waals surface area contributed by atoms with Gasteiger partial charge in [0.15, 0.2) is 6.61 Å². The average molecular weight is 341 g/mol. The summed E-state index contributed by atoms with van der Waals surface area (Å²) in [4.78, 5) is 36.6. The molecule has 0 radical (unpaired) electrons. The lowest BCUT2D eigenvalue weighted by Gasteiger charge is -2.08. The Bertz CT molecular complexity index is 753. The molecule has 0 spiro atoms. The molecule has 0 atom stereocenters. The third-order valence-corrected chi connectivity index (χ3v) is 3.12. The zero-order valence-electron chi connectivity index (χ0n) is 11.1. The number of amides is 1. The van der Waals surface area contributed by atoms with Crippen LogP contribution in [-0.4, -0.2) is 23.5 Å². The van der Waals surface area contributed by atoms with Crippen LogP contribution in [0.25, 0.3) is 0 Å². The summed E-state index contributed by atoms with van der Waals surface area (Å²) in [5.74, 6) is -1.30. The molecule has 114 valence electrons. The lowest BCUT2D eigenvalue weighted by molar-refractivity contribution is -0.119. The molecule has 1 amide bonds. The van der Waals surface area contributed by atoms with Gasteiger partial charge in [-0.1, -0.05) is 23.2 Å². The number of H-pyrrole nitrogens is 1. The van der Waals surface area contributed by atoms with Crippen molar-refractivity contribution in [2.24, 2.45) is 0 Å². The molecule has 2 N–H and O–H groups in total. The normalized spacial score (nSPS) is 10.1. The van der Waals surface area contributed by atoms with E-state index in [1.54, 1.807) is 6.07 Å². The number of anilines is 1. The van der Waals surface area contributed by atoms with E-state index in [1.165, 1.54) is 30.5 Å². The van der Waals surface area contributed by atoms with Crippen molar-refractivity contribution in [2.45, 2.75) is 0 Å². The standard InChI is InChI=1S/C14H10Cl2N2O4/c15-9-2-3-10(16)11(5-9)18-13(20)7-22-14(21)8-1-4-12(19)17-6-8/h1-6H,7H2,(H,17,19)(H,18,20). The van der Waals surface area contributed by atoms with Gasteiger partial charge in [0, 0.05) is 17.3 Å². The fraction of sp³-hybridized carbons (Fsp3) is 0.0714. The molecule has 0 unspecified atom stereocenters. The van der Waals surface area contributed by atoms with E-state index in [-0.39, 0.29) is 11.1 Å². The molecule has 2 aromatic rings. The van der Waals surface area contributed by atoms with Crippen LogP contribution >= 0.6 is 23.2 Å². The van der Waals surface area contributed by atoms with Gasteiger partial charge in [-0.3, -0.25) is 9.59 Å². The Morgan fingerprint density at radius 2 is 1.95 bits per heavy atom. The van der Waals surface area contributed by atoms with Gasteiger partial charge in [-0.05, 0) is 24.3 Å². The molecule has 22 heavy (non-hydrogen) atoms. The summed E-state index contributed by atoms with van der Waals surface area (Å²) in [5.41, 5.74) is 0.109. The van der Waals surface area contributed by atoms with Crippen LogP contribution in [0.5, 0.6) is 0 Å². The summed E-state index contributed by atoms with van der Waals surface area (Å²) in [6.45, 7) is -0.499. The number of esters is 1. The average Bonchev–Trinajstić information content (AvgIpc) is 2.49. The summed E-state index contributed by atoms with van der Waals surface area (Å²) in [5, 5.41) is 3.19. The smallest absolute Gasteiger partial charge is 0.340 e. The highest BCUT2D eigenvalue weighted by Crippen LogP contribution is 2.25. The van der Waals surface area contributed by atoms with Gasteiger partial charge in [-0.25, -0.2) is 4.79 Å². The van der Waals surface area contributed by atoms with E-state index in [2.05, 4.69) is 10.3 Å². The van der Waals surface area contributed by atoms with Crippen molar-refractivity contribution in [1.82, 2.24) is 4.98 Å². The number of carbonyl (C=O) groups excluding carboxylic acids is 2. The predicted octanol–water partition coefficient (Wildman–Crippen LogP) is 2.48. The first-order valence-corrected chi connectivity index (χ1v) is 6.82. The molecule has 8 heteroatoms. The van der Waals surface area contributed by atoms with E-state index >= 15 is 0 Å².